The first-order chi connectivity index (χ1) is 9.97. The summed E-state index contributed by atoms with van der Waals surface area (Å²) >= 11 is 0. The molecule has 2 aromatic rings. The van der Waals surface area contributed by atoms with E-state index in [0.29, 0.717) is 18.2 Å². The van der Waals surface area contributed by atoms with E-state index in [9.17, 15) is 13.2 Å². The van der Waals surface area contributed by atoms with Crippen molar-refractivity contribution in [3.63, 3.8) is 0 Å². The van der Waals surface area contributed by atoms with E-state index in [1.807, 2.05) is 0 Å². The van der Waals surface area contributed by atoms with Gasteiger partial charge in [-0.15, -0.1) is 0 Å². The molecule has 1 heterocycles. The summed E-state index contributed by atoms with van der Waals surface area (Å²) in [4.78, 5) is 14.9. The van der Waals surface area contributed by atoms with Crippen LogP contribution in [0.4, 0.5) is 0 Å². The van der Waals surface area contributed by atoms with Crippen LogP contribution in [-0.2, 0) is 14.8 Å². The van der Waals surface area contributed by atoms with Gasteiger partial charge in [-0.25, -0.2) is 13.1 Å². The first kappa shape index (κ1) is 14.0. The molecule has 1 aliphatic rings. The van der Waals surface area contributed by atoms with E-state index in [1.54, 1.807) is 30.6 Å². The van der Waals surface area contributed by atoms with E-state index < -0.39 is 21.9 Å². The molecule has 0 radical (unpaired) electrons. The Kier molecular flexibility index (Phi) is 3.38. The van der Waals surface area contributed by atoms with Crippen LogP contribution in [0.2, 0.25) is 0 Å². The van der Waals surface area contributed by atoms with Crippen LogP contribution in [0.25, 0.3) is 10.8 Å². The number of benzene rings is 1. The Hall–Kier alpha value is -1.99. The summed E-state index contributed by atoms with van der Waals surface area (Å²) in [6, 6.07) is 6.35. The fourth-order valence-electron chi connectivity index (χ4n) is 2.53. The number of carboxylic acids is 1. The molecule has 0 unspecified atom stereocenters. The Morgan fingerprint density at radius 1 is 1.29 bits per heavy atom. The van der Waals surface area contributed by atoms with Gasteiger partial charge in [0.05, 0.1) is 10.8 Å². The maximum Gasteiger partial charge on any atom is 0.306 e. The lowest BCUT2D eigenvalue weighted by atomic mass is 9.81. The van der Waals surface area contributed by atoms with Gasteiger partial charge in [0.15, 0.2) is 0 Å². The molecule has 1 fully saturated rings. The van der Waals surface area contributed by atoms with E-state index in [4.69, 9.17) is 5.11 Å². The number of rotatable bonds is 4. The van der Waals surface area contributed by atoms with Gasteiger partial charge >= 0.3 is 5.97 Å². The third-order valence-corrected chi connectivity index (χ3v) is 5.32. The minimum Gasteiger partial charge on any atom is -0.481 e. The van der Waals surface area contributed by atoms with Crippen molar-refractivity contribution in [1.29, 1.82) is 0 Å². The first-order valence-electron chi connectivity index (χ1n) is 6.55. The van der Waals surface area contributed by atoms with Crippen molar-refractivity contribution in [2.24, 2.45) is 5.92 Å². The molecule has 7 heteroatoms. The summed E-state index contributed by atoms with van der Waals surface area (Å²) in [7, 11) is -3.67. The van der Waals surface area contributed by atoms with E-state index in [-0.39, 0.29) is 10.9 Å². The highest BCUT2D eigenvalue weighted by atomic mass is 32.2. The van der Waals surface area contributed by atoms with Crippen LogP contribution in [0.1, 0.15) is 12.8 Å². The first-order valence-corrected chi connectivity index (χ1v) is 8.03. The Morgan fingerprint density at radius 2 is 2.05 bits per heavy atom. The molecule has 3 rings (SSSR count). The zero-order valence-electron chi connectivity index (χ0n) is 11.1. The molecular formula is C14H14N2O4S. The summed E-state index contributed by atoms with van der Waals surface area (Å²) < 4.78 is 27.5. The van der Waals surface area contributed by atoms with E-state index >= 15 is 0 Å². The summed E-state index contributed by atoms with van der Waals surface area (Å²) in [6.45, 7) is 0. The molecule has 0 atom stereocenters. The van der Waals surface area contributed by atoms with Gasteiger partial charge < -0.3 is 5.11 Å². The lowest BCUT2D eigenvalue weighted by molar-refractivity contribution is -0.145. The Morgan fingerprint density at radius 3 is 2.76 bits per heavy atom. The maximum absolute atomic E-state index is 12.4. The minimum atomic E-state index is -3.67. The third-order valence-electron chi connectivity index (χ3n) is 3.74. The molecule has 0 spiro atoms. The van der Waals surface area contributed by atoms with Crippen molar-refractivity contribution < 1.29 is 18.3 Å². The normalized spacial score (nSPS) is 21.9. The number of nitrogens with zero attached hydrogens (tertiary/aromatic N) is 1. The highest BCUT2D eigenvalue weighted by Gasteiger charge is 2.37. The van der Waals surface area contributed by atoms with E-state index in [2.05, 4.69) is 9.71 Å². The predicted molar refractivity (Wildman–Crippen MR) is 76.2 cm³/mol. The van der Waals surface area contributed by atoms with Crippen molar-refractivity contribution in [2.75, 3.05) is 0 Å². The number of aliphatic carboxylic acids is 1. The van der Waals surface area contributed by atoms with E-state index in [1.165, 1.54) is 6.07 Å². The molecule has 1 aliphatic carbocycles. The van der Waals surface area contributed by atoms with Crippen molar-refractivity contribution >= 4 is 26.8 Å². The van der Waals surface area contributed by atoms with Gasteiger partial charge in [-0.1, -0.05) is 12.1 Å². The number of hydrogen-bond acceptors (Lipinski definition) is 4. The second-order valence-corrected chi connectivity index (χ2v) is 6.86. The smallest absolute Gasteiger partial charge is 0.306 e. The van der Waals surface area contributed by atoms with Crippen LogP contribution >= 0.6 is 0 Å². The van der Waals surface area contributed by atoms with Crippen LogP contribution in [0.3, 0.4) is 0 Å². The minimum absolute atomic E-state index is 0.196. The molecule has 1 aromatic carbocycles. The second kappa shape index (κ2) is 5.09. The van der Waals surface area contributed by atoms with Gasteiger partial charge in [0, 0.05) is 29.2 Å². The number of carbonyl (C=O) groups is 1. The zero-order chi connectivity index (χ0) is 15.0. The highest BCUT2D eigenvalue weighted by Crippen LogP contribution is 2.30. The van der Waals surface area contributed by atoms with Gasteiger partial charge in [0.1, 0.15) is 0 Å². The van der Waals surface area contributed by atoms with Crippen molar-refractivity contribution in [3.8, 4) is 0 Å². The third kappa shape index (κ3) is 2.62. The monoisotopic (exact) mass is 306 g/mol. The highest BCUT2D eigenvalue weighted by molar-refractivity contribution is 7.89. The predicted octanol–water partition coefficient (Wildman–Crippen LogP) is 1.38. The van der Waals surface area contributed by atoms with Gasteiger partial charge in [0.25, 0.3) is 0 Å². The number of hydrogen-bond donors (Lipinski definition) is 2. The van der Waals surface area contributed by atoms with Crippen LogP contribution < -0.4 is 4.72 Å². The topological polar surface area (TPSA) is 96.4 Å². The standard InChI is InChI=1S/C14H14N2O4S/c17-14(18)10-6-11(7-10)16-21(19,20)13-3-1-2-9-8-15-5-4-12(9)13/h1-5,8,10-11,16H,6-7H2,(H,17,18). The van der Waals surface area contributed by atoms with Crippen molar-refractivity contribution in [3.05, 3.63) is 36.7 Å². The van der Waals surface area contributed by atoms with Crippen molar-refractivity contribution in [1.82, 2.24) is 9.71 Å². The van der Waals surface area contributed by atoms with Crippen LogP contribution in [0, 0.1) is 5.92 Å². The Balaban J connectivity index is 1.86. The SMILES string of the molecule is O=C(O)C1CC(NS(=O)(=O)c2cccc3cnccc23)C1. The molecule has 1 aromatic heterocycles. The average Bonchev–Trinajstić information content (AvgIpc) is 2.41. The number of carboxylic acid groups (broad SMARTS) is 1. The molecular weight excluding hydrogens is 292 g/mol. The molecule has 0 bridgehead atoms. The molecule has 0 saturated heterocycles. The molecule has 1 saturated carbocycles. The van der Waals surface area contributed by atoms with E-state index in [0.717, 1.165) is 5.39 Å². The fraction of sp³-hybridized carbons (Fsp3) is 0.286. The summed E-state index contributed by atoms with van der Waals surface area (Å²) in [5, 5.41) is 10.2. The van der Waals surface area contributed by atoms with Gasteiger partial charge in [-0.05, 0) is 25.0 Å². The number of fused-ring (bicyclic) bond motifs is 1. The van der Waals surface area contributed by atoms with Crippen LogP contribution in [-0.4, -0.2) is 30.5 Å². The lowest BCUT2D eigenvalue weighted by Gasteiger charge is -2.32. The van der Waals surface area contributed by atoms with Gasteiger partial charge in [0.2, 0.25) is 10.0 Å². The molecule has 110 valence electrons. The van der Waals surface area contributed by atoms with Crippen LogP contribution in [0.5, 0.6) is 0 Å². The number of aromatic nitrogens is 1. The maximum atomic E-state index is 12.4. The van der Waals surface area contributed by atoms with Gasteiger partial charge in [-0.3, -0.25) is 9.78 Å². The fourth-order valence-corrected chi connectivity index (χ4v) is 4.02. The largest absolute Gasteiger partial charge is 0.481 e. The quantitative estimate of drug-likeness (QED) is 0.889. The number of nitrogens with one attached hydrogen (secondary N) is 1. The van der Waals surface area contributed by atoms with Gasteiger partial charge in [-0.2, -0.15) is 0 Å². The van der Waals surface area contributed by atoms with Crippen molar-refractivity contribution in [2.45, 2.75) is 23.8 Å². The number of sulfonamides is 1. The molecule has 2 N–H and O–H groups in total. The summed E-state index contributed by atoms with van der Waals surface area (Å²) in [5.74, 6) is -1.32. The molecule has 6 nitrogen and oxygen atoms in total. The lowest BCUT2D eigenvalue weighted by Crippen LogP contribution is -2.46. The summed E-state index contributed by atoms with van der Waals surface area (Å²) in [6.07, 6.45) is 3.82. The Bertz CT molecular complexity index is 792. The Labute approximate surface area is 121 Å². The zero-order valence-corrected chi connectivity index (χ0v) is 11.9. The number of pyridine rings is 1. The van der Waals surface area contributed by atoms with Crippen LogP contribution in [0.15, 0.2) is 41.6 Å². The summed E-state index contributed by atoms with van der Waals surface area (Å²) in [5.41, 5.74) is 0. The molecule has 0 amide bonds. The molecule has 0 aliphatic heterocycles. The average molecular weight is 306 g/mol. The molecule has 21 heavy (non-hydrogen) atoms. The second-order valence-electron chi connectivity index (χ2n) is 5.18.